The van der Waals surface area contributed by atoms with Crippen LogP contribution in [0.4, 0.5) is 15.8 Å². The number of nitrogen functional groups attached to an aromatic ring is 1. The van der Waals surface area contributed by atoms with Crippen LogP contribution >= 0.6 is 0 Å². The van der Waals surface area contributed by atoms with Crippen molar-refractivity contribution in [2.24, 2.45) is 0 Å². The minimum atomic E-state index is -0.471. The fourth-order valence-corrected chi connectivity index (χ4v) is 2.04. The maximum absolute atomic E-state index is 13.5. The lowest BCUT2D eigenvalue weighted by Gasteiger charge is -2.31. The summed E-state index contributed by atoms with van der Waals surface area (Å²) in [7, 11) is 2.06. The number of hydrogen-bond acceptors (Lipinski definition) is 4. The van der Waals surface area contributed by atoms with Crippen molar-refractivity contribution in [2.45, 2.75) is 0 Å². The molecule has 0 unspecified atom stereocenters. The lowest BCUT2D eigenvalue weighted by atomic mass is 10.2. The SMILES string of the molecule is CN1CCN(CC(=O)Nc2cc(N)ccc2F)CC1. The zero-order valence-corrected chi connectivity index (χ0v) is 11.0. The molecule has 0 aliphatic carbocycles. The van der Waals surface area contributed by atoms with Gasteiger partial charge in [0.05, 0.1) is 12.2 Å². The van der Waals surface area contributed by atoms with Gasteiger partial charge < -0.3 is 16.0 Å². The Morgan fingerprint density at radius 2 is 2.05 bits per heavy atom. The van der Waals surface area contributed by atoms with Gasteiger partial charge in [-0.25, -0.2) is 4.39 Å². The second-order valence-corrected chi connectivity index (χ2v) is 4.87. The van der Waals surface area contributed by atoms with E-state index in [4.69, 9.17) is 5.73 Å². The van der Waals surface area contributed by atoms with E-state index in [1.807, 2.05) is 0 Å². The summed E-state index contributed by atoms with van der Waals surface area (Å²) in [4.78, 5) is 16.1. The number of nitrogens with one attached hydrogen (secondary N) is 1. The normalized spacial score (nSPS) is 17.4. The quantitative estimate of drug-likeness (QED) is 0.786. The molecule has 5 nitrogen and oxygen atoms in total. The highest BCUT2D eigenvalue weighted by atomic mass is 19.1. The molecular formula is C13H19FN4O. The minimum absolute atomic E-state index is 0.138. The number of nitrogens with zero attached hydrogens (tertiary/aromatic N) is 2. The second-order valence-electron chi connectivity index (χ2n) is 4.87. The molecule has 1 fully saturated rings. The van der Waals surface area contributed by atoms with E-state index < -0.39 is 5.82 Å². The molecule has 3 N–H and O–H groups in total. The number of nitrogens with two attached hydrogens (primary N) is 1. The molecule has 1 aliphatic rings. The van der Waals surface area contributed by atoms with Crippen LogP contribution in [0, 0.1) is 5.82 Å². The number of piperazine rings is 1. The molecule has 1 aromatic carbocycles. The molecule has 1 saturated heterocycles. The van der Waals surface area contributed by atoms with Crippen LogP contribution in [0.25, 0.3) is 0 Å². The molecule has 0 aromatic heterocycles. The Labute approximate surface area is 112 Å². The van der Waals surface area contributed by atoms with Crippen molar-refractivity contribution in [2.75, 3.05) is 50.8 Å². The van der Waals surface area contributed by atoms with Crippen molar-refractivity contribution in [3.8, 4) is 0 Å². The summed E-state index contributed by atoms with van der Waals surface area (Å²) in [6.45, 7) is 3.87. The van der Waals surface area contributed by atoms with Crippen molar-refractivity contribution < 1.29 is 9.18 Å². The number of likely N-dealkylation sites (N-methyl/N-ethyl adjacent to an activating group) is 1. The highest BCUT2D eigenvalue weighted by molar-refractivity contribution is 5.92. The molecular weight excluding hydrogens is 247 g/mol. The lowest BCUT2D eigenvalue weighted by Crippen LogP contribution is -2.47. The number of carbonyl (C=O) groups excluding carboxylic acids is 1. The first-order valence-electron chi connectivity index (χ1n) is 6.30. The van der Waals surface area contributed by atoms with Crippen molar-refractivity contribution >= 4 is 17.3 Å². The summed E-state index contributed by atoms with van der Waals surface area (Å²) in [5.41, 5.74) is 6.13. The molecule has 1 aliphatic heterocycles. The lowest BCUT2D eigenvalue weighted by molar-refractivity contribution is -0.117. The average Bonchev–Trinajstić information content (AvgIpc) is 2.37. The van der Waals surface area contributed by atoms with E-state index in [2.05, 4.69) is 22.2 Å². The molecule has 0 radical (unpaired) electrons. The predicted molar refractivity (Wildman–Crippen MR) is 73.4 cm³/mol. The molecule has 0 atom stereocenters. The summed E-state index contributed by atoms with van der Waals surface area (Å²) >= 11 is 0. The summed E-state index contributed by atoms with van der Waals surface area (Å²) in [6.07, 6.45) is 0. The van der Waals surface area contributed by atoms with Gasteiger partial charge in [0.15, 0.2) is 0 Å². The topological polar surface area (TPSA) is 61.6 Å². The first-order chi connectivity index (χ1) is 9.04. The summed E-state index contributed by atoms with van der Waals surface area (Å²) in [6, 6.07) is 4.14. The largest absolute Gasteiger partial charge is 0.399 e. The molecule has 104 valence electrons. The smallest absolute Gasteiger partial charge is 0.238 e. The Bertz CT molecular complexity index is 458. The first-order valence-corrected chi connectivity index (χ1v) is 6.30. The Kier molecular flexibility index (Phi) is 4.34. The van der Waals surface area contributed by atoms with Gasteiger partial charge in [-0.3, -0.25) is 9.69 Å². The monoisotopic (exact) mass is 266 g/mol. The van der Waals surface area contributed by atoms with Crippen LogP contribution in [-0.4, -0.2) is 55.5 Å². The van der Waals surface area contributed by atoms with Crippen molar-refractivity contribution in [1.29, 1.82) is 0 Å². The summed E-state index contributed by atoms with van der Waals surface area (Å²) in [5, 5.41) is 2.56. The van der Waals surface area contributed by atoms with E-state index in [9.17, 15) is 9.18 Å². The van der Waals surface area contributed by atoms with E-state index in [0.717, 1.165) is 26.2 Å². The highest BCUT2D eigenvalue weighted by Crippen LogP contribution is 2.17. The van der Waals surface area contributed by atoms with E-state index >= 15 is 0 Å². The standard InChI is InChI=1S/C13H19FN4O/c1-17-4-6-18(7-5-17)9-13(19)16-12-8-10(15)2-3-11(12)14/h2-3,8H,4-7,9,15H2,1H3,(H,16,19). The second kappa shape index (κ2) is 5.99. The van der Waals surface area contributed by atoms with Gasteiger partial charge in [0.2, 0.25) is 5.91 Å². The fourth-order valence-electron chi connectivity index (χ4n) is 2.04. The highest BCUT2D eigenvalue weighted by Gasteiger charge is 2.17. The van der Waals surface area contributed by atoms with Crippen LogP contribution < -0.4 is 11.1 Å². The molecule has 2 rings (SSSR count). The third-order valence-electron chi connectivity index (χ3n) is 3.23. The molecule has 1 heterocycles. The van der Waals surface area contributed by atoms with Gasteiger partial charge in [0.25, 0.3) is 0 Å². The van der Waals surface area contributed by atoms with Gasteiger partial charge >= 0.3 is 0 Å². The van der Waals surface area contributed by atoms with Crippen molar-refractivity contribution in [3.05, 3.63) is 24.0 Å². The minimum Gasteiger partial charge on any atom is -0.399 e. The Morgan fingerprint density at radius 1 is 1.37 bits per heavy atom. The van der Waals surface area contributed by atoms with Gasteiger partial charge in [-0.05, 0) is 25.2 Å². The molecule has 0 spiro atoms. The number of amides is 1. The van der Waals surface area contributed by atoms with Gasteiger partial charge in [0, 0.05) is 31.9 Å². The third-order valence-corrected chi connectivity index (χ3v) is 3.23. The van der Waals surface area contributed by atoms with Gasteiger partial charge in [-0.15, -0.1) is 0 Å². The predicted octanol–water partition coefficient (Wildman–Crippen LogP) is 0.594. The Hall–Kier alpha value is -1.66. The average molecular weight is 266 g/mol. The number of hydrogen-bond donors (Lipinski definition) is 2. The molecule has 1 aromatic rings. The molecule has 1 amide bonds. The van der Waals surface area contributed by atoms with E-state index in [1.54, 1.807) is 0 Å². The number of halogens is 1. The van der Waals surface area contributed by atoms with Crippen LogP contribution in [0.2, 0.25) is 0 Å². The van der Waals surface area contributed by atoms with E-state index in [0.29, 0.717) is 5.69 Å². The van der Waals surface area contributed by atoms with Crippen LogP contribution in [0.15, 0.2) is 18.2 Å². The number of carbonyl (C=O) groups is 1. The summed E-state index contributed by atoms with van der Waals surface area (Å²) < 4.78 is 13.5. The Morgan fingerprint density at radius 3 is 2.74 bits per heavy atom. The number of anilines is 2. The van der Waals surface area contributed by atoms with Crippen LogP contribution in [0.5, 0.6) is 0 Å². The van der Waals surface area contributed by atoms with Gasteiger partial charge in [0.1, 0.15) is 5.82 Å². The van der Waals surface area contributed by atoms with Gasteiger partial charge in [-0.2, -0.15) is 0 Å². The molecule has 6 heteroatoms. The first kappa shape index (κ1) is 13.8. The molecule has 0 saturated carbocycles. The summed E-state index contributed by atoms with van der Waals surface area (Å²) in [5.74, 6) is -0.685. The van der Waals surface area contributed by atoms with Crippen LogP contribution in [0.1, 0.15) is 0 Å². The number of rotatable bonds is 3. The zero-order chi connectivity index (χ0) is 13.8. The van der Waals surface area contributed by atoms with Crippen LogP contribution in [-0.2, 0) is 4.79 Å². The van der Waals surface area contributed by atoms with Crippen molar-refractivity contribution in [3.63, 3.8) is 0 Å². The Balaban J connectivity index is 1.89. The third kappa shape index (κ3) is 3.90. The van der Waals surface area contributed by atoms with E-state index in [-0.39, 0.29) is 18.1 Å². The van der Waals surface area contributed by atoms with E-state index in [1.165, 1.54) is 18.2 Å². The fraction of sp³-hybridized carbons (Fsp3) is 0.462. The van der Waals surface area contributed by atoms with Gasteiger partial charge in [-0.1, -0.05) is 0 Å². The maximum Gasteiger partial charge on any atom is 0.238 e. The molecule has 19 heavy (non-hydrogen) atoms. The van der Waals surface area contributed by atoms with Crippen LogP contribution in [0.3, 0.4) is 0 Å². The maximum atomic E-state index is 13.5. The molecule has 0 bridgehead atoms. The number of benzene rings is 1. The zero-order valence-electron chi connectivity index (χ0n) is 11.0. The van der Waals surface area contributed by atoms with Crippen molar-refractivity contribution in [1.82, 2.24) is 9.80 Å².